The highest BCUT2D eigenvalue weighted by molar-refractivity contribution is 5.94. The smallest absolute Gasteiger partial charge is 0.407 e. The van der Waals surface area contributed by atoms with Crippen LogP contribution in [0.15, 0.2) is 78.9 Å². The van der Waals surface area contributed by atoms with Gasteiger partial charge < -0.3 is 24.8 Å². The number of nitrogens with one attached hydrogen (secondary N) is 1. The van der Waals surface area contributed by atoms with Crippen LogP contribution >= 0.6 is 0 Å². The van der Waals surface area contributed by atoms with Gasteiger partial charge in [0, 0.05) is 12.5 Å². The van der Waals surface area contributed by atoms with Gasteiger partial charge in [-0.3, -0.25) is 9.59 Å². The first kappa shape index (κ1) is 28.9. The summed E-state index contributed by atoms with van der Waals surface area (Å²) in [4.78, 5) is 53.2. The lowest BCUT2D eigenvalue weighted by molar-refractivity contribution is -0.158. The first-order chi connectivity index (χ1) is 20.3. The van der Waals surface area contributed by atoms with Gasteiger partial charge in [0.05, 0.1) is 6.42 Å². The Bertz CT molecular complexity index is 1430. The van der Waals surface area contributed by atoms with Gasteiger partial charge in [0.1, 0.15) is 24.8 Å². The Balaban J connectivity index is 1.30. The SMILES string of the molecule is CCC1(C(=O)O)CCCN1C(=O)[C@H](CC(=O)OCc1ccccc1)NC(=O)OCC1c2ccccc2-c2ccccc21. The minimum absolute atomic E-state index is 0.00324. The molecule has 5 rings (SSSR count). The van der Waals surface area contributed by atoms with E-state index in [4.69, 9.17) is 9.47 Å². The second-order valence-corrected chi connectivity index (χ2v) is 10.7. The molecule has 1 aliphatic carbocycles. The van der Waals surface area contributed by atoms with Crippen LogP contribution in [0.1, 0.15) is 55.2 Å². The molecule has 1 fully saturated rings. The number of carbonyl (C=O) groups is 4. The van der Waals surface area contributed by atoms with Gasteiger partial charge in [-0.1, -0.05) is 85.8 Å². The fourth-order valence-electron chi connectivity index (χ4n) is 6.08. The molecular formula is C33H34N2O7. The van der Waals surface area contributed by atoms with Crippen molar-refractivity contribution in [1.29, 1.82) is 0 Å². The van der Waals surface area contributed by atoms with E-state index in [9.17, 15) is 24.3 Å². The summed E-state index contributed by atoms with van der Waals surface area (Å²) in [5.74, 6) is -2.65. The summed E-state index contributed by atoms with van der Waals surface area (Å²) in [6, 6.07) is 23.6. The van der Waals surface area contributed by atoms with Crippen molar-refractivity contribution in [2.45, 2.75) is 56.7 Å². The van der Waals surface area contributed by atoms with Crippen molar-refractivity contribution in [1.82, 2.24) is 10.2 Å². The number of aliphatic carboxylic acids is 1. The Morgan fingerprint density at radius 3 is 2.17 bits per heavy atom. The molecule has 0 radical (unpaired) electrons. The number of fused-ring (bicyclic) bond motifs is 3. The lowest BCUT2D eigenvalue weighted by atomic mass is 9.92. The molecule has 3 aromatic carbocycles. The predicted molar refractivity (Wildman–Crippen MR) is 154 cm³/mol. The molecule has 1 unspecified atom stereocenters. The van der Waals surface area contributed by atoms with Crippen molar-refractivity contribution in [2.24, 2.45) is 0 Å². The molecule has 0 aromatic heterocycles. The highest BCUT2D eigenvalue weighted by atomic mass is 16.5. The number of likely N-dealkylation sites (tertiary alicyclic amines) is 1. The van der Waals surface area contributed by atoms with E-state index in [2.05, 4.69) is 5.32 Å². The number of esters is 1. The van der Waals surface area contributed by atoms with E-state index in [1.54, 1.807) is 19.1 Å². The van der Waals surface area contributed by atoms with Crippen LogP contribution in [0.2, 0.25) is 0 Å². The van der Waals surface area contributed by atoms with Gasteiger partial charge in [0.25, 0.3) is 0 Å². The molecule has 1 aliphatic heterocycles. The fourth-order valence-corrected chi connectivity index (χ4v) is 6.08. The highest BCUT2D eigenvalue weighted by Crippen LogP contribution is 2.44. The third-order valence-electron chi connectivity index (χ3n) is 8.29. The zero-order valence-corrected chi connectivity index (χ0v) is 23.5. The van der Waals surface area contributed by atoms with Gasteiger partial charge in [-0.25, -0.2) is 9.59 Å². The Morgan fingerprint density at radius 2 is 1.55 bits per heavy atom. The molecule has 9 nitrogen and oxygen atoms in total. The van der Waals surface area contributed by atoms with Gasteiger partial charge in [0.2, 0.25) is 5.91 Å². The van der Waals surface area contributed by atoms with Crippen LogP contribution in [0.3, 0.4) is 0 Å². The number of hydrogen-bond acceptors (Lipinski definition) is 6. The number of carboxylic acids is 1. The maximum atomic E-state index is 13.7. The minimum atomic E-state index is -1.40. The molecule has 0 bridgehead atoms. The van der Waals surface area contributed by atoms with Crippen molar-refractivity contribution >= 4 is 23.9 Å². The zero-order chi connectivity index (χ0) is 29.7. The average molecular weight is 571 g/mol. The first-order valence-electron chi connectivity index (χ1n) is 14.2. The van der Waals surface area contributed by atoms with Crippen LogP contribution in [0.25, 0.3) is 11.1 Å². The number of alkyl carbamates (subject to hydrolysis) is 1. The monoisotopic (exact) mass is 570 g/mol. The molecule has 0 spiro atoms. The Kier molecular flexibility index (Phi) is 8.56. The second-order valence-electron chi connectivity index (χ2n) is 10.7. The number of carbonyl (C=O) groups excluding carboxylic acids is 3. The molecule has 2 N–H and O–H groups in total. The number of benzene rings is 3. The number of ether oxygens (including phenoxy) is 2. The Labute approximate surface area is 244 Å². The third kappa shape index (κ3) is 5.72. The summed E-state index contributed by atoms with van der Waals surface area (Å²) in [6.45, 7) is 1.95. The summed E-state index contributed by atoms with van der Waals surface area (Å²) in [6.07, 6.45) is -0.346. The standard InChI is InChI=1S/C33H34N2O7/c1-2-33(31(38)39)17-10-18-35(33)30(37)28(19-29(36)41-20-22-11-4-3-5-12-22)34-32(40)42-21-27-25-15-8-6-13-23(25)24-14-7-9-16-26(24)27/h3-9,11-16,27-28H,2,10,17-21H2,1H3,(H,34,40)(H,38,39)/t28-,33?/m0/s1. The number of rotatable bonds is 10. The fraction of sp³-hybridized carbons (Fsp3) is 0.333. The third-order valence-corrected chi connectivity index (χ3v) is 8.29. The van der Waals surface area contributed by atoms with Crippen LogP contribution < -0.4 is 5.32 Å². The largest absolute Gasteiger partial charge is 0.479 e. The van der Waals surface area contributed by atoms with Crippen molar-refractivity contribution in [3.05, 3.63) is 95.6 Å². The van der Waals surface area contributed by atoms with E-state index < -0.39 is 41.9 Å². The van der Waals surface area contributed by atoms with Crippen molar-refractivity contribution in [3.8, 4) is 11.1 Å². The molecule has 42 heavy (non-hydrogen) atoms. The summed E-state index contributed by atoms with van der Waals surface area (Å²) >= 11 is 0. The molecule has 2 amide bonds. The Hall–Kier alpha value is -4.66. The van der Waals surface area contributed by atoms with Gasteiger partial charge in [-0.2, -0.15) is 0 Å². The van der Waals surface area contributed by atoms with Crippen molar-refractivity contribution in [2.75, 3.05) is 13.2 Å². The molecule has 1 saturated heterocycles. The number of nitrogens with zero attached hydrogens (tertiary/aromatic N) is 1. The number of hydrogen-bond donors (Lipinski definition) is 2. The van der Waals surface area contributed by atoms with Crippen molar-refractivity contribution < 1.29 is 33.8 Å². The lowest BCUT2D eigenvalue weighted by Gasteiger charge is -2.36. The summed E-state index contributed by atoms with van der Waals surface area (Å²) < 4.78 is 11.0. The van der Waals surface area contributed by atoms with E-state index in [0.29, 0.717) is 12.8 Å². The predicted octanol–water partition coefficient (Wildman–Crippen LogP) is 4.88. The van der Waals surface area contributed by atoms with E-state index in [0.717, 1.165) is 27.8 Å². The lowest BCUT2D eigenvalue weighted by Crippen LogP contribution is -2.58. The van der Waals surface area contributed by atoms with Crippen LogP contribution in [0, 0.1) is 0 Å². The van der Waals surface area contributed by atoms with Gasteiger partial charge in [0.15, 0.2) is 0 Å². The Morgan fingerprint density at radius 1 is 0.929 bits per heavy atom. The van der Waals surface area contributed by atoms with Crippen LogP contribution in [0.5, 0.6) is 0 Å². The first-order valence-corrected chi connectivity index (χ1v) is 14.2. The topological polar surface area (TPSA) is 122 Å². The van der Waals surface area contributed by atoms with Crippen LogP contribution in [-0.2, 0) is 30.5 Å². The molecule has 1 heterocycles. The number of amides is 2. The van der Waals surface area contributed by atoms with E-state index in [1.807, 2.05) is 66.7 Å². The van der Waals surface area contributed by atoms with E-state index >= 15 is 0 Å². The van der Waals surface area contributed by atoms with Crippen LogP contribution in [0.4, 0.5) is 4.79 Å². The second kappa shape index (κ2) is 12.5. The minimum Gasteiger partial charge on any atom is -0.479 e. The highest BCUT2D eigenvalue weighted by Gasteiger charge is 2.50. The number of carboxylic acid groups (broad SMARTS) is 1. The molecule has 0 saturated carbocycles. The summed E-state index contributed by atoms with van der Waals surface area (Å²) in [5.41, 5.74) is 3.61. The van der Waals surface area contributed by atoms with E-state index in [1.165, 1.54) is 4.90 Å². The van der Waals surface area contributed by atoms with E-state index in [-0.39, 0.29) is 32.1 Å². The summed E-state index contributed by atoms with van der Waals surface area (Å²) in [5, 5.41) is 12.6. The van der Waals surface area contributed by atoms with Gasteiger partial charge >= 0.3 is 18.0 Å². The quantitative estimate of drug-likeness (QED) is 0.333. The molecular weight excluding hydrogens is 536 g/mol. The maximum absolute atomic E-state index is 13.7. The summed E-state index contributed by atoms with van der Waals surface area (Å²) in [7, 11) is 0. The molecule has 3 aromatic rings. The normalized spacial score (nSPS) is 18.1. The van der Waals surface area contributed by atoms with Gasteiger partial charge in [-0.05, 0) is 47.1 Å². The molecule has 218 valence electrons. The molecule has 2 aliphatic rings. The average Bonchev–Trinajstić information content (AvgIpc) is 3.59. The zero-order valence-electron chi connectivity index (χ0n) is 23.5. The van der Waals surface area contributed by atoms with Crippen molar-refractivity contribution in [3.63, 3.8) is 0 Å². The molecule has 9 heteroatoms. The molecule has 2 atom stereocenters. The van der Waals surface area contributed by atoms with Crippen LogP contribution in [-0.4, -0.2) is 58.7 Å². The maximum Gasteiger partial charge on any atom is 0.407 e. The van der Waals surface area contributed by atoms with Gasteiger partial charge in [-0.15, -0.1) is 0 Å².